The van der Waals surface area contributed by atoms with Crippen molar-refractivity contribution in [3.8, 4) is 0 Å². The number of nitrogens with two attached hydrogens (primary N) is 1. The van der Waals surface area contributed by atoms with E-state index in [4.69, 9.17) is 10.5 Å². The Morgan fingerprint density at radius 1 is 0.865 bits per heavy atom. The van der Waals surface area contributed by atoms with Gasteiger partial charge in [-0.2, -0.15) is 0 Å². The number of aromatic nitrogens is 4. The fourth-order valence-corrected chi connectivity index (χ4v) is 3.94. The number of carbonyl (C=O) groups is 1. The molecule has 3 N–H and O–H groups in total. The first-order valence-corrected chi connectivity index (χ1v) is 11.9. The number of halogens is 1. The number of rotatable bonds is 3. The molecule has 4 aromatic heterocycles. The highest BCUT2D eigenvalue weighted by Crippen LogP contribution is 2.45. The summed E-state index contributed by atoms with van der Waals surface area (Å²) >= 11 is 0. The standard InChI is InChI=1S/C16H19N3O2.C11H11N3.CH4.ClH/c1-15(2,3)21-14(20)19-16(7-8-16)13-5-4-11-6-9-17-10-12(11)18-13;12-11(4-5-11)10-2-1-8-3-6-13-7-9(8)14-10;;/h4-6,9-10H,7-8H2,1-3H3,(H,19,20);1-3,6-7H,4-5,12H2;1H4;1H. The number of hydrogen-bond acceptors (Lipinski definition) is 7. The molecule has 37 heavy (non-hydrogen) atoms. The third-order valence-corrected chi connectivity index (χ3v) is 6.27. The number of fused-ring (bicyclic) bond motifs is 2. The van der Waals surface area contributed by atoms with Gasteiger partial charge in [-0.3, -0.25) is 9.97 Å². The number of ether oxygens (including phenoxy) is 1. The molecule has 0 radical (unpaired) electrons. The minimum Gasteiger partial charge on any atom is -0.444 e. The summed E-state index contributed by atoms with van der Waals surface area (Å²) in [6, 6.07) is 11.9. The van der Waals surface area contributed by atoms with Gasteiger partial charge in [0.2, 0.25) is 0 Å². The monoisotopic (exact) mass is 522 g/mol. The quantitative estimate of drug-likeness (QED) is 0.350. The van der Waals surface area contributed by atoms with Crippen LogP contribution in [-0.2, 0) is 15.8 Å². The molecule has 0 saturated heterocycles. The molecule has 4 aromatic rings. The minimum absolute atomic E-state index is 0. The molecule has 1 amide bonds. The molecule has 2 aliphatic carbocycles. The van der Waals surface area contributed by atoms with Crippen LogP contribution in [0.1, 0.15) is 65.3 Å². The first kappa shape index (κ1) is 28.2. The maximum atomic E-state index is 12.0. The van der Waals surface area contributed by atoms with E-state index in [-0.39, 0.29) is 30.9 Å². The molecule has 0 spiro atoms. The number of carbonyl (C=O) groups excluding carboxylic acids is 1. The normalized spacial score (nSPS) is 16.3. The average molecular weight is 523 g/mol. The van der Waals surface area contributed by atoms with Crippen LogP contribution in [0.25, 0.3) is 21.8 Å². The lowest BCUT2D eigenvalue weighted by molar-refractivity contribution is 0.0494. The number of amides is 1. The maximum Gasteiger partial charge on any atom is 0.408 e. The molecular weight excluding hydrogens is 488 g/mol. The van der Waals surface area contributed by atoms with Gasteiger partial charge in [-0.1, -0.05) is 19.6 Å². The van der Waals surface area contributed by atoms with Crippen LogP contribution in [0.3, 0.4) is 0 Å². The number of pyridine rings is 4. The summed E-state index contributed by atoms with van der Waals surface area (Å²) in [4.78, 5) is 29.3. The van der Waals surface area contributed by atoms with Crippen molar-refractivity contribution in [2.24, 2.45) is 5.73 Å². The van der Waals surface area contributed by atoms with Gasteiger partial charge in [0, 0.05) is 23.2 Å². The van der Waals surface area contributed by atoms with Crippen molar-refractivity contribution in [2.75, 3.05) is 0 Å². The highest BCUT2D eigenvalue weighted by Gasteiger charge is 2.48. The van der Waals surface area contributed by atoms with Gasteiger partial charge in [-0.15, -0.1) is 12.4 Å². The molecular formula is C28H35ClN6O2. The molecule has 0 aromatic carbocycles. The van der Waals surface area contributed by atoms with Crippen LogP contribution in [-0.4, -0.2) is 31.6 Å². The Morgan fingerprint density at radius 3 is 1.86 bits per heavy atom. The molecule has 8 nitrogen and oxygen atoms in total. The Labute approximate surface area is 223 Å². The van der Waals surface area contributed by atoms with E-state index in [1.807, 2.05) is 51.1 Å². The Hall–Kier alpha value is -3.36. The van der Waals surface area contributed by atoms with E-state index in [1.165, 1.54) is 0 Å². The van der Waals surface area contributed by atoms with Crippen LogP contribution in [0, 0.1) is 0 Å². The zero-order chi connectivity index (χ0) is 24.7. The summed E-state index contributed by atoms with van der Waals surface area (Å²) in [5, 5.41) is 5.12. The van der Waals surface area contributed by atoms with Gasteiger partial charge in [0.15, 0.2) is 0 Å². The van der Waals surface area contributed by atoms with Crippen LogP contribution in [0.5, 0.6) is 0 Å². The molecule has 196 valence electrons. The van der Waals surface area contributed by atoms with Crippen molar-refractivity contribution < 1.29 is 9.53 Å². The van der Waals surface area contributed by atoms with Gasteiger partial charge in [0.05, 0.1) is 45.9 Å². The van der Waals surface area contributed by atoms with Crippen LogP contribution in [0.2, 0.25) is 0 Å². The largest absolute Gasteiger partial charge is 0.444 e. The van der Waals surface area contributed by atoms with E-state index < -0.39 is 11.7 Å². The Balaban J connectivity index is 0.000000208. The van der Waals surface area contributed by atoms with E-state index in [1.54, 1.807) is 24.8 Å². The van der Waals surface area contributed by atoms with Crippen molar-refractivity contribution in [3.05, 3.63) is 72.6 Å². The van der Waals surface area contributed by atoms with E-state index in [9.17, 15) is 4.79 Å². The SMILES string of the molecule is C.CC(C)(C)OC(=O)NC1(c2ccc3ccncc3n2)CC1.Cl.NC1(c2ccc3ccncc3n2)CC1. The molecule has 2 saturated carbocycles. The second kappa shape index (κ2) is 10.6. The predicted octanol–water partition coefficient (Wildman–Crippen LogP) is 5.78. The lowest BCUT2D eigenvalue weighted by Gasteiger charge is -2.23. The van der Waals surface area contributed by atoms with Gasteiger partial charge >= 0.3 is 6.09 Å². The van der Waals surface area contributed by atoms with Crippen LogP contribution in [0.4, 0.5) is 4.79 Å². The van der Waals surface area contributed by atoms with E-state index in [2.05, 4.69) is 31.3 Å². The average Bonchev–Trinajstić information content (AvgIpc) is 3.76. The number of hydrogen-bond donors (Lipinski definition) is 2. The third kappa shape index (κ3) is 6.50. The summed E-state index contributed by atoms with van der Waals surface area (Å²) in [7, 11) is 0. The molecule has 0 unspecified atom stereocenters. The number of nitrogens with zero attached hydrogens (tertiary/aromatic N) is 4. The number of alkyl carbamates (subject to hydrolysis) is 1. The molecule has 2 aliphatic rings. The topological polar surface area (TPSA) is 116 Å². The molecule has 0 atom stereocenters. The van der Waals surface area contributed by atoms with E-state index in [0.717, 1.165) is 58.9 Å². The Bertz CT molecular complexity index is 1400. The Morgan fingerprint density at radius 2 is 1.38 bits per heavy atom. The van der Waals surface area contributed by atoms with Gasteiger partial charge in [0.1, 0.15) is 5.60 Å². The minimum atomic E-state index is -0.499. The smallest absolute Gasteiger partial charge is 0.408 e. The van der Waals surface area contributed by atoms with Crippen molar-refractivity contribution in [1.29, 1.82) is 0 Å². The van der Waals surface area contributed by atoms with Crippen molar-refractivity contribution in [2.45, 2.75) is 70.6 Å². The first-order valence-electron chi connectivity index (χ1n) is 11.9. The number of nitrogens with one attached hydrogen (secondary N) is 1. The molecule has 9 heteroatoms. The van der Waals surface area contributed by atoms with E-state index in [0.29, 0.717) is 0 Å². The lowest BCUT2D eigenvalue weighted by atomic mass is 10.1. The maximum absolute atomic E-state index is 12.0. The zero-order valence-electron chi connectivity index (χ0n) is 20.7. The second-order valence-electron chi connectivity index (χ2n) is 10.4. The molecule has 6 rings (SSSR count). The summed E-state index contributed by atoms with van der Waals surface area (Å²) in [5.41, 5.74) is 8.69. The first-order chi connectivity index (χ1) is 16.7. The Kier molecular flexibility index (Phi) is 8.05. The van der Waals surface area contributed by atoms with Gasteiger partial charge in [0.25, 0.3) is 0 Å². The molecule has 0 bridgehead atoms. The molecule has 2 fully saturated rings. The second-order valence-corrected chi connectivity index (χ2v) is 10.4. The highest BCUT2D eigenvalue weighted by molar-refractivity contribution is 5.85. The van der Waals surface area contributed by atoms with Gasteiger partial charge in [-0.25, -0.2) is 14.8 Å². The van der Waals surface area contributed by atoms with E-state index >= 15 is 0 Å². The zero-order valence-corrected chi connectivity index (χ0v) is 21.5. The third-order valence-electron chi connectivity index (χ3n) is 6.27. The predicted molar refractivity (Wildman–Crippen MR) is 148 cm³/mol. The molecule has 4 heterocycles. The summed E-state index contributed by atoms with van der Waals surface area (Å²) in [6.07, 6.45) is 10.5. The van der Waals surface area contributed by atoms with Crippen molar-refractivity contribution in [1.82, 2.24) is 25.3 Å². The highest BCUT2D eigenvalue weighted by atomic mass is 35.5. The summed E-state index contributed by atoms with van der Waals surface area (Å²) in [6.45, 7) is 5.56. The van der Waals surface area contributed by atoms with Crippen LogP contribution in [0.15, 0.2) is 61.2 Å². The summed E-state index contributed by atoms with van der Waals surface area (Å²) < 4.78 is 5.33. The van der Waals surface area contributed by atoms with Gasteiger partial charge in [-0.05, 0) is 70.7 Å². The summed E-state index contributed by atoms with van der Waals surface area (Å²) in [5.74, 6) is 0. The van der Waals surface area contributed by atoms with Crippen molar-refractivity contribution >= 4 is 40.3 Å². The fourth-order valence-electron chi connectivity index (χ4n) is 3.94. The van der Waals surface area contributed by atoms with Gasteiger partial charge < -0.3 is 15.8 Å². The van der Waals surface area contributed by atoms with Crippen molar-refractivity contribution in [3.63, 3.8) is 0 Å². The van der Waals surface area contributed by atoms with Crippen LogP contribution >= 0.6 is 12.4 Å². The van der Waals surface area contributed by atoms with Crippen LogP contribution < -0.4 is 11.1 Å². The fraction of sp³-hybridized carbons (Fsp3) is 0.393. The molecule has 0 aliphatic heterocycles. The lowest BCUT2D eigenvalue weighted by Crippen LogP contribution is -2.39.